The number of Topliss-reactive ketones (excluding diaryl/α,β-unsaturated/α-hetero) is 1. The molecule has 0 radical (unpaired) electrons. The molecule has 47 heavy (non-hydrogen) atoms. The summed E-state index contributed by atoms with van der Waals surface area (Å²) in [6.45, 7) is 7.69. The van der Waals surface area contributed by atoms with Gasteiger partial charge in [0.2, 0.25) is 5.91 Å². The van der Waals surface area contributed by atoms with Crippen molar-refractivity contribution in [2.24, 2.45) is 5.92 Å². The van der Waals surface area contributed by atoms with Gasteiger partial charge >= 0.3 is 5.97 Å². The minimum atomic E-state index is -1.13. The maximum absolute atomic E-state index is 13.3. The lowest BCUT2D eigenvalue weighted by molar-refractivity contribution is -0.141. The van der Waals surface area contributed by atoms with E-state index in [4.69, 9.17) is 0 Å². The van der Waals surface area contributed by atoms with Gasteiger partial charge in [-0.3, -0.25) is 14.4 Å². The third-order valence-electron chi connectivity index (χ3n) is 8.62. The summed E-state index contributed by atoms with van der Waals surface area (Å²) < 4.78 is 0. The predicted molar refractivity (Wildman–Crippen MR) is 186 cm³/mol. The molecule has 0 saturated carbocycles. The quantitative estimate of drug-likeness (QED) is 0.148. The molecule has 1 amide bonds. The predicted octanol–water partition coefficient (Wildman–Crippen LogP) is 7.76. The Morgan fingerprint density at radius 3 is 2.21 bits per heavy atom. The van der Waals surface area contributed by atoms with Gasteiger partial charge in [-0.15, -0.1) is 11.3 Å². The van der Waals surface area contributed by atoms with E-state index in [0.717, 1.165) is 33.6 Å². The highest BCUT2D eigenvalue weighted by atomic mass is 32.1. The fraction of sp³-hybridized carbons (Fsp3) is 0.256. The number of rotatable bonds is 10. The number of nitrogens with zero attached hydrogens (tertiary/aromatic N) is 2. The molecule has 0 spiro atoms. The molecule has 0 fully saturated rings. The van der Waals surface area contributed by atoms with Gasteiger partial charge in [-0.25, -0.2) is 9.97 Å². The number of amides is 1. The van der Waals surface area contributed by atoms with Crippen molar-refractivity contribution in [1.29, 1.82) is 0 Å². The minimum Gasteiger partial charge on any atom is -0.480 e. The van der Waals surface area contributed by atoms with Crippen LogP contribution in [0.25, 0.3) is 33.6 Å². The topological polar surface area (TPSA) is 109 Å². The molecule has 5 aromatic rings. The summed E-state index contributed by atoms with van der Waals surface area (Å²) in [4.78, 5) is 48.9. The molecule has 0 saturated heterocycles. The average Bonchev–Trinajstić information content (AvgIpc) is 3.70. The maximum atomic E-state index is 13.3. The summed E-state index contributed by atoms with van der Waals surface area (Å²) in [6.07, 6.45) is 4.86. The molecule has 8 heteroatoms. The summed E-state index contributed by atoms with van der Waals surface area (Å²) >= 11 is 1.44. The standard InChI is InChI=1S/C39H37N3O4S/c1-23(38(45)46)42-37(44)29(20-33(43)34-15-16-35(47-34)39(2,3)4)17-24-9-11-25(12-10-24)36-40-21-30(22-41-36)26-13-14-32-28(18-26)19-27-7-5-6-8-31(27)32/h5-16,18,21-23,29H,17,19-20H2,1-4H3,(H,42,44)(H,45,46)/t23-,29-/m1/s1. The lowest BCUT2D eigenvalue weighted by atomic mass is 9.92. The van der Waals surface area contributed by atoms with E-state index >= 15 is 0 Å². The van der Waals surface area contributed by atoms with Gasteiger partial charge in [0.1, 0.15) is 6.04 Å². The van der Waals surface area contributed by atoms with E-state index in [0.29, 0.717) is 10.7 Å². The number of hydrogen-bond donors (Lipinski definition) is 2. The highest BCUT2D eigenvalue weighted by Crippen LogP contribution is 2.38. The molecule has 6 rings (SSSR count). The zero-order valence-electron chi connectivity index (χ0n) is 26.9. The first-order valence-corrected chi connectivity index (χ1v) is 16.6. The number of carbonyl (C=O) groups excluding carboxylic acids is 2. The van der Waals surface area contributed by atoms with Crippen molar-refractivity contribution in [3.05, 3.63) is 118 Å². The first-order chi connectivity index (χ1) is 22.5. The van der Waals surface area contributed by atoms with E-state index in [2.05, 4.69) is 78.5 Å². The number of carboxylic acids is 1. The van der Waals surface area contributed by atoms with Crippen LogP contribution in [0.4, 0.5) is 0 Å². The Hall–Kier alpha value is -4.95. The highest BCUT2D eigenvalue weighted by molar-refractivity contribution is 7.14. The summed E-state index contributed by atoms with van der Waals surface area (Å²) in [5.74, 6) is -1.87. The van der Waals surface area contributed by atoms with E-state index in [-0.39, 0.29) is 24.0 Å². The minimum absolute atomic E-state index is 0.0244. The lowest BCUT2D eigenvalue weighted by Crippen LogP contribution is -2.42. The van der Waals surface area contributed by atoms with Gasteiger partial charge in [0.15, 0.2) is 11.6 Å². The number of fused-ring (bicyclic) bond motifs is 3. The molecule has 0 aliphatic heterocycles. The number of hydrogen-bond acceptors (Lipinski definition) is 6. The van der Waals surface area contributed by atoms with Crippen LogP contribution in [-0.4, -0.2) is 38.8 Å². The molecule has 1 aliphatic carbocycles. The molecule has 2 atom stereocenters. The Balaban J connectivity index is 1.16. The number of thiophene rings is 1. The van der Waals surface area contributed by atoms with E-state index < -0.39 is 23.8 Å². The number of carboxylic acid groups (broad SMARTS) is 1. The Bertz CT molecular complexity index is 1960. The first-order valence-electron chi connectivity index (χ1n) is 15.8. The van der Waals surface area contributed by atoms with Gasteiger partial charge in [-0.2, -0.15) is 0 Å². The van der Waals surface area contributed by atoms with Gasteiger partial charge in [0, 0.05) is 40.7 Å². The van der Waals surface area contributed by atoms with Gasteiger partial charge in [-0.1, -0.05) is 87.5 Å². The third-order valence-corrected chi connectivity index (χ3v) is 10.2. The second-order valence-electron chi connectivity index (χ2n) is 13.2. The van der Waals surface area contributed by atoms with Crippen LogP contribution in [0, 0.1) is 5.92 Å². The zero-order chi connectivity index (χ0) is 33.3. The molecule has 238 valence electrons. The number of nitrogens with one attached hydrogen (secondary N) is 1. The Morgan fingerprint density at radius 1 is 0.851 bits per heavy atom. The molecule has 2 heterocycles. The van der Waals surface area contributed by atoms with Crippen LogP contribution in [0.3, 0.4) is 0 Å². The van der Waals surface area contributed by atoms with Crippen LogP contribution < -0.4 is 5.32 Å². The molecule has 3 aromatic carbocycles. The van der Waals surface area contributed by atoms with Crippen molar-refractivity contribution in [3.8, 4) is 33.6 Å². The smallest absolute Gasteiger partial charge is 0.325 e. The molecule has 2 N–H and O–H groups in total. The van der Waals surface area contributed by atoms with Crippen molar-refractivity contribution in [2.45, 2.75) is 58.4 Å². The lowest BCUT2D eigenvalue weighted by Gasteiger charge is -2.18. The molecule has 2 aromatic heterocycles. The van der Waals surface area contributed by atoms with E-state index in [1.165, 1.54) is 40.5 Å². The van der Waals surface area contributed by atoms with Gasteiger partial charge < -0.3 is 10.4 Å². The third kappa shape index (κ3) is 7.08. The molecular formula is C39H37N3O4S. The van der Waals surface area contributed by atoms with Gasteiger partial charge in [-0.05, 0) is 70.7 Å². The van der Waals surface area contributed by atoms with Crippen molar-refractivity contribution >= 4 is 29.0 Å². The monoisotopic (exact) mass is 643 g/mol. The van der Waals surface area contributed by atoms with Crippen LogP contribution in [0.2, 0.25) is 0 Å². The van der Waals surface area contributed by atoms with Crippen molar-refractivity contribution in [2.75, 3.05) is 0 Å². The molecule has 0 unspecified atom stereocenters. The van der Waals surface area contributed by atoms with Crippen LogP contribution in [0.5, 0.6) is 0 Å². The SMILES string of the molecule is C[C@@H](NC(=O)[C@@H](CC(=O)c1ccc(C(C)(C)C)s1)Cc1ccc(-c2ncc(-c3ccc4c(c3)Cc3ccccc3-4)cn2)cc1)C(=O)O. The first kappa shape index (κ1) is 32.0. The Labute approximate surface area is 278 Å². The molecule has 1 aliphatic rings. The highest BCUT2D eigenvalue weighted by Gasteiger charge is 2.27. The summed E-state index contributed by atoms with van der Waals surface area (Å²) in [6, 6.07) is 25.3. The van der Waals surface area contributed by atoms with Gasteiger partial charge in [0.25, 0.3) is 0 Å². The van der Waals surface area contributed by atoms with Gasteiger partial charge in [0.05, 0.1) is 4.88 Å². The molecular weight excluding hydrogens is 607 g/mol. The number of benzene rings is 3. The number of ketones is 1. The number of aliphatic carboxylic acids is 1. The summed E-state index contributed by atoms with van der Waals surface area (Å²) in [5.41, 5.74) is 8.84. The fourth-order valence-corrected chi connectivity index (χ4v) is 6.90. The summed E-state index contributed by atoms with van der Waals surface area (Å²) in [7, 11) is 0. The van der Waals surface area contributed by atoms with Crippen molar-refractivity contribution in [3.63, 3.8) is 0 Å². The Morgan fingerprint density at radius 2 is 1.53 bits per heavy atom. The van der Waals surface area contributed by atoms with Crippen LogP contribution in [0.1, 0.15) is 65.4 Å². The molecule has 0 bridgehead atoms. The average molecular weight is 644 g/mol. The molecule has 7 nitrogen and oxygen atoms in total. The normalized spacial score (nSPS) is 13.4. The van der Waals surface area contributed by atoms with E-state index in [9.17, 15) is 19.5 Å². The largest absolute Gasteiger partial charge is 0.480 e. The fourth-order valence-electron chi connectivity index (χ4n) is 5.89. The number of carbonyl (C=O) groups is 3. The zero-order valence-corrected chi connectivity index (χ0v) is 27.7. The Kier molecular flexibility index (Phi) is 8.88. The van der Waals surface area contributed by atoms with Crippen molar-refractivity contribution in [1.82, 2.24) is 15.3 Å². The van der Waals surface area contributed by atoms with E-state index in [1.807, 2.05) is 48.8 Å². The van der Waals surface area contributed by atoms with Crippen LogP contribution in [-0.2, 0) is 27.8 Å². The van der Waals surface area contributed by atoms with E-state index in [1.54, 1.807) is 0 Å². The van der Waals surface area contributed by atoms with Crippen molar-refractivity contribution < 1.29 is 19.5 Å². The maximum Gasteiger partial charge on any atom is 0.325 e. The van der Waals surface area contributed by atoms with Crippen LogP contribution >= 0.6 is 11.3 Å². The second kappa shape index (κ2) is 13.0. The van der Waals surface area contributed by atoms with Crippen LogP contribution in [0.15, 0.2) is 91.3 Å². The number of aromatic nitrogens is 2. The second-order valence-corrected chi connectivity index (χ2v) is 14.3. The summed E-state index contributed by atoms with van der Waals surface area (Å²) in [5, 5.41) is 11.9.